The van der Waals surface area contributed by atoms with Crippen LogP contribution in [-0.2, 0) is 11.2 Å². The van der Waals surface area contributed by atoms with Crippen LogP contribution < -0.4 is 10.1 Å². The molecule has 0 saturated carbocycles. The van der Waals surface area contributed by atoms with Crippen LogP contribution in [0.2, 0.25) is 5.02 Å². The highest BCUT2D eigenvalue weighted by atomic mass is 35.5. The van der Waals surface area contributed by atoms with Crippen molar-refractivity contribution in [3.63, 3.8) is 0 Å². The third kappa shape index (κ3) is 5.09. The first-order valence-electron chi connectivity index (χ1n) is 7.96. The highest BCUT2D eigenvalue weighted by molar-refractivity contribution is 6.30. The van der Waals surface area contributed by atoms with Gasteiger partial charge in [0.05, 0.1) is 11.4 Å². The van der Waals surface area contributed by atoms with Crippen LogP contribution in [0.4, 0.5) is 0 Å². The first-order chi connectivity index (χ1) is 12.2. The van der Waals surface area contributed by atoms with Gasteiger partial charge in [0, 0.05) is 24.2 Å². The van der Waals surface area contributed by atoms with E-state index in [2.05, 4.69) is 10.4 Å². The smallest absolute Gasteiger partial charge is 0.257 e. The van der Waals surface area contributed by atoms with Gasteiger partial charge in [0.15, 0.2) is 6.61 Å². The second-order valence-electron chi connectivity index (χ2n) is 5.43. The lowest BCUT2D eigenvalue weighted by Gasteiger charge is -2.07. The number of aromatic nitrogens is 2. The van der Waals surface area contributed by atoms with Crippen molar-refractivity contribution in [1.82, 2.24) is 15.1 Å². The average molecular weight is 356 g/mol. The lowest BCUT2D eigenvalue weighted by Crippen LogP contribution is -2.30. The molecular weight excluding hydrogens is 338 g/mol. The fourth-order valence-corrected chi connectivity index (χ4v) is 2.41. The quantitative estimate of drug-likeness (QED) is 0.707. The van der Waals surface area contributed by atoms with Gasteiger partial charge in [-0.1, -0.05) is 29.8 Å². The number of rotatable bonds is 7. The van der Waals surface area contributed by atoms with Crippen LogP contribution in [0.15, 0.2) is 66.9 Å². The summed E-state index contributed by atoms with van der Waals surface area (Å²) in [7, 11) is 0. The summed E-state index contributed by atoms with van der Waals surface area (Å²) in [5.41, 5.74) is 1.93. The summed E-state index contributed by atoms with van der Waals surface area (Å²) >= 11 is 5.80. The van der Waals surface area contributed by atoms with Gasteiger partial charge in [-0.15, -0.1) is 0 Å². The van der Waals surface area contributed by atoms with Crippen molar-refractivity contribution in [2.75, 3.05) is 13.2 Å². The van der Waals surface area contributed by atoms with Crippen LogP contribution in [0.3, 0.4) is 0 Å². The topological polar surface area (TPSA) is 56.1 Å². The Balaban J connectivity index is 1.41. The molecule has 0 fully saturated rings. The van der Waals surface area contributed by atoms with Crippen molar-refractivity contribution >= 4 is 17.5 Å². The molecule has 6 heteroatoms. The molecule has 0 unspecified atom stereocenters. The maximum atomic E-state index is 11.8. The zero-order chi connectivity index (χ0) is 17.5. The maximum Gasteiger partial charge on any atom is 0.257 e. The monoisotopic (exact) mass is 355 g/mol. The highest BCUT2D eigenvalue weighted by Crippen LogP contribution is 2.15. The van der Waals surface area contributed by atoms with E-state index < -0.39 is 0 Å². The molecule has 0 spiro atoms. The number of hydrogen-bond acceptors (Lipinski definition) is 3. The van der Waals surface area contributed by atoms with Gasteiger partial charge in [-0.25, -0.2) is 4.68 Å². The zero-order valence-electron chi connectivity index (χ0n) is 13.6. The van der Waals surface area contributed by atoms with Crippen molar-refractivity contribution in [2.24, 2.45) is 0 Å². The highest BCUT2D eigenvalue weighted by Gasteiger charge is 2.05. The van der Waals surface area contributed by atoms with E-state index in [4.69, 9.17) is 16.3 Å². The summed E-state index contributed by atoms with van der Waals surface area (Å²) in [6.07, 6.45) is 2.57. The molecule has 0 aliphatic rings. The van der Waals surface area contributed by atoms with E-state index in [0.717, 1.165) is 11.4 Å². The largest absolute Gasteiger partial charge is 0.484 e. The fourth-order valence-electron chi connectivity index (χ4n) is 2.28. The summed E-state index contributed by atoms with van der Waals surface area (Å²) in [5, 5.41) is 7.95. The SMILES string of the molecule is O=C(COc1ccc(Cl)cc1)NCCc1ccn(-c2ccccc2)n1. The molecule has 3 aromatic rings. The van der Waals surface area contributed by atoms with Crippen LogP contribution in [0, 0.1) is 0 Å². The summed E-state index contributed by atoms with van der Waals surface area (Å²) in [5.74, 6) is 0.443. The number of amides is 1. The second-order valence-corrected chi connectivity index (χ2v) is 5.87. The minimum absolute atomic E-state index is 0.0277. The number of nitrogens with zero attached hydrogens (tertiary/aromatic N) is 2. The molecule has 0 radical (unpaired) electrons. The molecule has 5 nitrogen and oxygen atoms in total. The van der Waals surface area contributed by atoms with Gasteiger partial charge in [0.1, 0.15) is 5.75 Å². The Bertz CT molecular complexity index is 816. The van der Waals surface area contributed by atoms with Crippen molar-refractivity contribution < 1.29 is 9.53 Å². The van der Waals surface area contributed by atoms with Gasteiger partial charge in [0.2, 0.25) is 0 Å². The minimum Gasteiger partial charge on any atom is -0.484 e. The predicted molar refractivity (Wildman–Crippen MR) is 97.2 cm³/mol. The number of carbonyl (C=O) groups excluding carboxylic acids is 1. The van der Waals surface area contributed by atoms with E-state index in [1.807, 2.05) is 47.3 Å². The molecule has 128 valence electrons. The molecule has 2 aromatic carbocycles. The molecule has 0 atom stereocenters. The van der Waals surface area contributed by atoms with Crippen molar-refractivity contribution in [1.29, 1.82) is 0 Å². The number of nitrogens with one attached hydrogen (secondary N) is 1. The van der Waals surface area contributed by atoms with Gasteiger partial charge in [-0.2, -0.15) is 5.10 Å². The molecule has 1 N–H and O–H groups in total. The van der Waals surface area contributed by atoms with Crippen LogP contribution in [0.25, 0.3) is 5.69 Å². The van der Waals surface area contributed by atoms with E-state index >= 15 is 0 Å². The van der Waals surface area contributed by atoms with Crippen LogP contribution in [0.5, 0.6) is 5.75 Å². The minimum atomic E-state index is -0.169. The Labute approximate surface area is 151 Å². The molecule has 0 bridgehead atoms. The number of hydrogen-bond donors (Lipinski definition) is 1. The summed E-state index contributed by atoms with van der Waals surface area (Å²) in [6.45, 7) is 0.481. The predicted octanol–water partition coefficient (Wildman–Crippen LogP) is 3.26. The summed E-state index contributed by atoms with van der Waals surface area (Å²) < 4.78 is 7.22. The Kier molecular flexibility index (Phi) is 5.69. The summed E-state index contributed by atoms with van der Waals surface area (Å²) in [6, 6.07) is 18.7. The van der Waals surface area contributed by atoms with Crippen molar-refractivity contribution in [3.05, 3.63) is 77.6 Å². The Morgan fingerprint density at radius 2 is 1.84 bits per heavy atom. The van der Waals surface area contributed by atoms with E-state index in [1.165, 1.54) is 0 Å². The molecule has 1 amide bonds. The maximum absolute atomic E-state index is 11.8. The third-order valence-electron chi connectivity index (χ3n) is 3.55. The number of benzene rings is 2. The number of carbonyl (C=O) groups is 1. The third-order valence-corrected chi connectivity index (χ3v) is 3.80. The fraction of sp³-hybridized carbons (Fsp3) is 0.158. The van der Waals surface area contributed by atoms with E-state index in [1.54, 1.807) is 24.3 Å². The van der Waals surface area contributed by atoms with Gasteiger partial charge in [0.25, 0.3) is 5.91 Å². The van der Waals surface area contributed by atoms with E-state index in [0.29, 0.717) is 23.7 Å². The number of halogens is 1. The molecule has 25 heavy (non-hydrogen) atoms. The molecule has 1 heterocycles. The van der Waals surface area contributed by atoms with Gasteiger partial charge in [-0.05, 0) is 42.5 Å². The average Bonchev–Trinajstić information content (AvgIpc) is 3.11. The first kappa shape index (κ1) is 17.0. The van der Waals surface area contributed by atoms with E-state index in [-0.39, 0.29) is 12.5 Å². The molecular formula is C19H18ClN3O2. The van der Waals surface area contributed by atoms with Crippen molar-refractivity contribution in [2.45, 2.75) is 6.42 Å². The van der Waals surface area contributed by atoms with Gasteiger partial charge >= 0.3 is 0 Å². The Hall–Kier alpha value is -2.79. The first-order valence-corrected chi connectivity index (χ1v) is 8.33. The Morgan fingerprint density at radius 1 is 1.08 bits per heavy atom. The molecule has 0 aliphatic carbocycles. The second kappa shape index (κ2) is 8.35. The van der Waals surface area contributed by atoms with Crippen molar-refractivity contribution in [3.8, 4) is 11.4 Å². The normalized spacial score (nSPS) is 10.4. The molecule has 0 aliphatic heterocycles. The van der Waals surface area contributed by atoms with Crippen LogP contribution in [-0.4, -0.2) is 28.8 Å². The molecule has 0 saturated heterocycles. The lowest BCUT2D eigenvalue weighted by molar-refractivity contribution is -0.123. The van der Waals surface area contributed by atoms with Gasteiger partial charge < -0.3 is 10.1 Å². The van der Waals surface area contributed by atoms with Gasteiger partial charge in [-0.3, -0.25) is 4.79 Å². The molecule has 3 rings (SSSR count). The van der Waals surface area contributed by atoms with Crippen LogP contribution in [0.1, 0.15) is 5.69 Å². The number of ether oxygens (including phenoxy) is 1. The van der Waals surface area contributed by atoms with E-state index in [9.17, 15) is 4.79 Å². The summed E-state index contributed by atoms with van der Waals surface area (Å²) in [4.78, 5) is 11.8. The Morgan fingerprint density at radius 3 is 2.60 bits per heavy atom. The van der Waals surface area contributed by atoms with Crippen LogP contribution >= 0.6 is 11.6 Å². The standard InChI is InChI=1S/C19H18ClN3O2/c20-15-6-8-18(9-7-15)25-14-19(24)21-12-10-16-11-13-23(22-16)17-4-2-1-3-5-17/h1-9,11,13H,10,12,14H2,(H,21,24). The lowest BCUT2D eigenvalue weighted by atomic mass is 10.3. The number of para-hydroxylation sites is 1. The molecule has 1 aromatic heterocycles. The zero-order valence-corrected chi connectivity index (χ0v) is 14.3.